The molecule has 0 bridgehead atoms. The molecule has 0 fully saturated rings. The zero-order valence-electron chi connectivity index (χ0n) is 16.0. The lowest BCUT2D eigenvalue weighted by Crippen LogP contribution is -2.52. The smallest absolute Gasteiger partial charge is 0.268 e. The number of hydrogen-bond acceptors (Lipinski definition) is 2. The summed E-state index contributed by atoms with van der Waals surface area (Å²) >= 11 is 0. The summed E-state index contributed by atoms with van der Waals surface area (Å²) in [4.78, 5) is 24.7. The van der Waals surface area contributed by atoms with Gasteiger partial charge in [-0.2, -0.15) is 0 Å². The van der Waals surface area contributed by atoms with Crippen molar-refractivity contribution in [1.82, 2.24) is 9.88 Å². The first kappa shape index (κ1) is 20.9. The number of nitrogens with two attached hydrogens (primary N) is 1. The van der Waals surface area contributed by atoms with Gasteiger partial charge in [-0.3, -0.25) is 9.59 Å². The van der Waals surface area contributed by atoms with Gasteiger partial charge in [0, 0.05) is 23.9 Å². The second-order valence-electron chi connectivity index (χ2n) is 7.80. The average Bonchev–Trinajstić information content (AvgIpc) is 2.93. The number of carbonyl (C=O) groups excluding carboxylic acids is 2. The molecule has 1 aromatic heterocycles. The van der Waals surface area contributed by atoms with Crippen molar-refractivity contribution in [1.29, 1.82) is 0 Å². The van der Waals surface area contributed by atoms with Crippen molar-refractivity contribution in [3.05, 3.63) is 36.0 Å². The highest BCUT2D eigenvalue weighted by molar-refractivity contribution is 6.00. The molecular formula is C20H27F2N3O2. The number of alkyl halides is 2. The minimum absolute atomic E-state index is 0.158. The standard InChI is InChI=1S/C20H27F2N3O2/c1-20(2,3)17(18(23)26)24-19(27)15-12-13-8-4-5-9-14(13)25(15)11-7-6-10-16(21)22/h4-5,8-9,12,16-17H,6-7,10-11H2,1-3H3,(H2,23,26)(H,24,27)/t17-/m1/s1. The molecule has 1 heterocycles. The second kappa shape index (κ2) is 8.50. The molecule has 5 nitrogen and oxygen atoms in total. The molecule has 0 unspecified atom stereocenters. The molecule has 7 heteroatoms. The number of benzene rings is 1. The van der Waals surface area contributed by atoms with Crippen LogP contribution in [0.25, 0.3) is 10.9 Å². The maximum Gasteiger partial charge on any atom is 0.268 e. The first-order valence-electron chi connectivity index (χ1n) is 9.08. The third-order valence-electron chi connectivity index (χ3n) is 4.52. The highest BCUT2D eigenvalue weighted by Crippen LogP contribution is 2.23. The number of nitrogens with zero attached hydrogens (tertiary/aromatic N) is 1. The van der Waals surface area contributed by atoms with Crippen LogP contribution in [0.3, 0.4) is 0 Å². The van der Waals surface area contributed by atoms with Gasteiger partial charge >= 0.3 is 0 Å². The molecule has 1 atom stereocenters. The summed E-state index contributed by atoms with van der Waals surface area (Å²) in [5.41, 5.74) is 6.17. The lowest BCUT2D eigenvalue weighted by atomic mass is 9.86. The van der Waals surface area contributed by atoms with Gasteiger partial charge in [0.05, 0.1) is 0 Å². The van der Waals surface area contributed by atoms with Crippen molar-refractivity contribution < 1.29 is 18.4 Å². The summed E-state index contributed by atoms with van der Waals surface area (Å²) in [6.07, 6.45) is -1.58. The number of hydrogen-bond donors (Lipinski definition) is 2. The molecule has 2 aromatic rings. The minimum atomic E-state index is -2.32. The van der Waals surface area contributed by atoms with Gasteiger partial charge in [-0.25, -0.2) is 8.78 Å². The Morgan fingerprint density at radius 3 is 2.44 bits per heavy atom. The molecule has 2 rings (SSSR count). The van der Waals surface area contributed by atoms with E-state index >= 15 is 0 Å². The van der Waals surface area contributed by atoms with Gasteiger partial charge in [-0.05, 0) is 30.4 Å². The van der Waals surface area contributed by atoms with E-state index in [4.69, 9.17) is 5.73 Å². The van der Waals surface area contributed by atoms with Crippen LogP contribution < -0.4 is 11.1 Å². The normalized spacial score (nSPS) is 13.1. The van der Waals surface area contributed by atoms with Gasteiger partial charge in [0.15, 0.2) is 0 Å². The maximum atomic E-state index is 12.9. The summed E-state index contributed by atoms with van der Waals surface area (Å²) in [6.45, 7) is 5.91. The summed E-state index contributed by atoms with van der Waals surface area (Å²) < 4.78 is 26.6. The van der Waals surface area contributed by atoms with E-state index in [9.17, 15) is 18.4 Å². The fraction of sp³-hybridized carbons (Fsp3) is 0.500. The van der Waals surface area contributed by atoms with E-state index in [0.29, 0.717) is 25.1 Å². The van der Waals surface area contributed by atoms with E-state index in [0.717, 1.165) is 10.9 Å². The molecule has 0 aliphatic heterocycles. The maximum absolute atomic E-state index is 12.9. The summed E-state index contributed by atoms with van der Waals surface area (Å²) in [7, 11) is 0. The Kier molecular flexibility index (Phi) is 6.57. The molecule has 1 aromatic carbocycles. The fourth-order valence-corrected chi connectivity index (χ4v) is 3.13. The van der Waals surface area contributed by atoms with E-state index in [1.54, 1.807) is 6.07 Å². The number of aromatic nitrogens is 1. The van der Waals surface area contributed by atoms with Gasteiger partial charge in [0.1, 0.15) is 11.7 Å². The number of carbonyl (C=O) groups is 2. The molecule has 0 aliphatic rings. The number of fused-ring (bicyclic) bond motifs is 1. The highest BCUT2D eigenvalue weighted by atomic mass is 19.3. The topological polar surface area (TPSA) is 77.1 Å². The van der Waals surface area contributed by atoms with Crippen LogP contribution >= 0.6 is 0 Å². The van der Waals surface area contributed by atoms with Crippen LogP contribution in [0.5, 0.6) is 0 Å². The van der Waals surface area contributed by atoms with Crippen molar-refractivity contribution in [2.24, 2.45) is 11.1 Å². The quantitative estimate of drug-likeness (QED) is 0.686. The van der Waals surface area contributed by atoms with Crippen molar-refractivity contribution in [2.75, 3.05) is 0 Å². The largest absolute Gasteiger partial charge is 0.368 e. The number of unbranched alkanes of at least 4 members (excludes halogenated alkanes) is 1. The van der Waals surface area contributed by atoms with E-state index < -0.39 is 29.7 Å². The molecule has 3 N–H and O–H groups in total. The van der Waals surface area contributed by atoms with Crippen molar-refractivity contribution >= 4 is 22.7 Å². The number of para-hydroxylation sites is 1. The second-order valence-corrected chi connectivity index (χ2v) is 7.80. The third kappa shape index (κ3) is 5.28. The van der Waals surface area contributed by atoms with Gasteiger partial charge in [0.2, 0.25) is 12.3 Å². The lowest BCUT2D eigenvalue weighted by Gasteiger charge is -2.28. The molecule has 148 valence electrons. The Morgan fingerprint density at radius 2 is 1.85 bits per heavy atom. The van der Waals surface area contributed by atoms with Crippen LogP contribution in [0.4, 0.5) is 8.78 Å². The fourth-order valence-electron chi connectivity index (χ4n) is 3.13. The average molecular weight is 379 g/mol. The van der Waals surface area contributed by atoms with Gasteiger partial charge < -0.3 is 15.6 Å². The summed E-state index contributed by atoms with van der Waals surface area (Å²) in [5, 5.41) is 3.61. The molecule has 27 heavy (non-hydrogen) atoms. The molecular weight excluding hydrogens is 352 g/mol. The number of amides is 2. The summed E-state index contributed by atoms with van der Waals surface area (Å²) in [6, 6.07) is 8.42. The zero-order valence-corrected chi connectivity index (χ0v) is 16.0. The Morgan fingerprint density at radius 1 is 1.19 bits per heavy atom. The number of rotatable bonds is 8. The van der Waals surface area contributed by atoms with Crippen molar-refractivity contribution in [3.63, 3.8) is 0 Å². The zero-order chi connectivity index (χ0) is 20.2. The van der Waals surface area contributed by atoms with Gasteiger partial charge in [-0.1, -0.05) is 39.0 Å². The van der Waals surface area contributed by atoms with Gasteiger partial charge in [0.25, 0.3) is 5.91 Å². The lowest BCUT2D eigenvalue weighted by molar-refractivity contribution is -0.122. The monoisotopic (exact) mass is 379 g/mol. The number of nitrogens with one attached hydrogen (secondary N) is 1. The van der Waals surface area contributed by atoms with E-state index in [1.807, 2.05) is 49.6 Å². The molecule has 2 amide bonds. The van der Waals surface area contributed by atoms with Crippen LogP contribution in [-0.4, -0.2) is 28.8 Å². The highest BCUT2D eigenvalue weighted by Gasteiger charge is 2.32. The van der Waals surface area contributed by atoms with E-state index in [-0.39, 0.29) is 6.42 Å². The number of halogens is 2. The van der Waals surface area contributed by atoms with Crippen molar-refractivity contribution in [3.8, 4) is 0 Å². The Balaban J connectivity index is 2.29. The Labute approximate surface area is 157 Å². The van der Waals surface area contributed by atoms with Crippen LogP contribution in [0.15, 0.2) is 30.3 Å². The molecule has 0 saturated carbocycles. The molecule has 0 radical (unpaired) electrons. The summed E-state index contributed by atoms with van der Waals surface area (Å²) in [5.74, 6) is -1.01. The Hall–Kier alpha value is -2.44. The number of aryl methyl sites for hydroxylation is 1. The first-order chi connectivity index (χ1) is 12.6. The third-order valence-corrected chi connectivity index (χ3v) is 4.52. The molecule has 0 aliphatic carbocycles. The molecule has 0 saturated heterocycles. The first-order valence-corrected chi connectivity index (χ1v) is 9.08. The van der Waals surface area contributed by atoms with E-state index in [2.05, 4.69) is 5.32 Å². The van der Waals surface area contributed by atoms with E-state index in [1.165, 1.54) is 0 Å². The van der Waals surface area contributed by atoms with Crippen LogP contribution in [-0.2, 0) is 11.3 Å². The van der Waals surface area contributed by atoms with Crippen molar-refractivity contribution in [2.45, 2.75) is 59.0 Å². The van der Waals surface area contributed by atoms with Gasteiger partial charge in [-0.15, -0.1) is 0 Å². The van der Waals surface area contributed by atoms with Crippen LogP contribution in [0, 0.1) is 5.41 Å². The van der Waals surface area contributed by atoms with Crippen LogP contribution in [0.2, 0.25) is 0 Å². The predicted octanol–water partition coefficient (Wildman–Crippen LogP) is 3.71. The minimum Gasteiger partial charge on any atom is -0.368 e. The number of primary amides is 1. The predicted molar refractivity (Wildman–Crippen MR) is 102 cm³/mol. The molecule has 0 spiro atoms. The van der Waals surface area contributed by atoms with Crippen LogP contribution in [0.1, 0.15) is 50.5 Å². The SMILES string of the molecule is CC(C)(C)[C@H](NC(=O)c1cc2ccccc2n1CCCCC(F)F)C(N)=O. The Bertz CT molecular complexity index is 809.